The number of aliphatic hydroxyl groups is 1. The Kier molecular flexibility index (Phi) is 4.29. The van der Waals surface area contributed by atoms with Gasteiger partial charge >= 0.3 is 5.91 Å². The Morgan fingerprint density at radius 3 is 2.68 bits per heavy atom. The molecule has 7 nitrogen and oxygen atoms in total. The summed E-state index contributed by atoms with van der Waals surface area (Å²) in [6.07, 6.45) is 1.86. The molecule has 9 heteroatoms. The Morgan fingerprint density at radius 2 is 2.00 bits per heavy atom. The van der Waals surface area contributed by atoms with E-state index in [0.717, 1.165) is 9.18 Å². The topological polar surface area (TPSA) is 92.0 Å². The molecular weight excluding hydrogens is 362 g/mol. The number of hydrogen-bond acceptors (Lipinski definition) is 5. The number of amides is 1. The number of nitrogens with zero attached hydrogens (tertiary/aromatic N) is 3. The maximum Gasteiger partial charge on any atom is 0.300 e. The second-order valence-corrected chi connectivity index (χ2v) is 8.64. The quantitative estimate of drug-likeness (QED) is 0.862. The Morgan fingerprint density at radius 1 is 1.32 bits per heavy atom. The van der Waals surface area contributed by atoms with E-state index in [9.17, 15) is 18.3 Å². The van der Waals surface area contributed by atoms with Crippen molar-refractivity contribution in [3.63, 3.8) is 0 Å². The second kappa shape index (κ2) is 6.16. The van der Waals surface area contributed by atoms with Crippen molar-refractivity contribution in [3.05, 3.63) is 51.4 Å². The van der Waals surface area contributed by atoms with Gasteiger partial charge in [-0.2, -0.15) is 4.99 Å². The molecule has 25 heavy (non-hydrogen) atoms. The van der Waals surface area contributed by atoms with E-state index in [2.05, 4.69) is 4.99 Å². The maximum atomic E-state index is 12.7. The molecule has 1 amide bonds. The zero-order chi connectivity index (χ0) is 18.4. The molecule has 1 aliphatic rings. The van der Waals surface area contributed by atoms with Crippen LogP contribution in [0, 0.1) is 6.92 Å². The van der Waals surface area contributed by atoms with Crippen LogP contribution in [0.2, 0.25) is 0 Å². The van der Waals surface area contributed by atoms with Crippen molar-refractivity contribution in [2.45, 2.75) is 25.3 Å². The Labute approximate surface area is 149 Å². The molecule has 132 valence electrons. The predicted octanol–water partition coefficient (Wildman–Crippen LogP) is 1.87. The van der Waals surface area contributed by atoms with E-state index >= 15 is 0 Å². The van der Waals surface area contributed by atoms with Crippen molar-refractivity contribution in [2.24, 2.45) is 4.99 Å². The van der Waals surface area contributed by atoms with Gasteiger partial charge in [-0.1, -0.05) is 12.1 Å². The summed E-state index contributed by atoms with van der Waals surface area (Å²) < 4.78 is 27.8. The number of aromatic nitrogens is 1. The number of likely N-dealkylation sites (N-methyl/N-ethyl adjacent to an activating group) is 1. The molecule has 2 aromatic rings. The van der Waals surface area contributed by atoms with Gasteiger partial charge < -0.3 is 9.67 Å². The number of aliphatic hydroxyl groups excluding tert-OH is 1. The average molecular weight is 379 g/mol. The number of sulfonamides is 1. The smallest absolute Gasteiger partial charge is 0.300 e. The van der Waals surface area contributed by atoms with Crippen LogP contribution in [-0.2, 0) is 21.4 Å². The SMILES string of the molecule is CCn1cc(C)sc1=NC(=O)C1=C(O)c2ccccc2S(=O)(=O)N1C. The van der Waals surface area contributed by atoms with Gasteiger partial charge in [0.05, 0.1) is 4.90 Å². The highest BCUT2D eigenvalue weighted by Crippen LogP contribution is 2.34. The van der Waals surface area contributed by atoms with Gasteiger partial charge in [-0.05, 0) is 26.0 Å². The second-order valence-electron chi connectivity index (χ2n) is 5.49. The van der Waals surface area contributed by atoms with Gasteiger partial charge in [-0.15, -0.1) is 11.3 Å². The fraction of sp³-hybridized carbons (Fsp3) is 0.250. The minimum atomic E-state index is -3.92. The predicted molar refractivity (Wildman–Crippen MR) is 94.2 cm³/mol. The van der Waals surface area contributed by atoms with Crippen molar-refractivity contribution < 1.29 is 18.3 Å². The number of aryl methyl sites for hydroxylation is 2. The van der Waals surface area contributed by atoms with E-state index in [1.165, 1.54) is 30.5 Å². The summed E-state index contributed by atoms with van der Waals surface area (Å²) in [7, 11) is -2.69. The summed E-state index contributed by atoms with van der Waals surface area (Å²) in [6, 6.07) is 6.02. The Hall–Kier alpha value is -2.39. The first kappa shape index (κ1) is 17.4. The molecule has 0 fully saturated rings. The fourth-order valence-electron chi connectivity index (χ4n) is 2.62. The third-order valence-corrected chi connectivity index (χ3v) is 6.65. The first-order valence-electron chi connectivity index (χ1n) is 7.55. The lowest BCUT2D eigenvalue weighted by Crippen LogP contribution is -2.35. The third kappa shape index (κ3) is 2.79. The molecule has 3 rings (SSSR count). The molecule has 1 aromatic heterocycles. The largest absolute Gasteiger partial charge is 0.505 e. The Balaban J connectivity index is 2.21. The van der Waals surface area contributed by atoms with Crippen LogP contribution in [0.15, 0.2) is 46.0 Å². The van der Waals surface area contributed by atoms with Gasteiger partial charge in [-0.3, -0.25) is 9.10 Å². The molecule has 0 atom stereocenters. The van der Waals surface area contributed by atoms with Gasteiger partial charge in [0.25, 0.3) is 10.0 Å². The normalized spacial score (nSPS) is 16.9. The van der Waals surface area contributed by atoms with Crippen LogP contribution < -0.4 is 4.80 Å². The van der Waals surface area contributed by atoms with E-state index in [0.29, 0.717) is 11.3 Å². The minimum absolute atomic E-state index is 0.0397. The molecule has 0 unspecified atom stereocenters. The van der Waals surface area contributed by atoms with Crippen LogP contribution in [0.5, 0.6) is 0 Å². The van der Waals surface area contributed by atoms with Gasteiger partial charge in [0, 0.05) is 30.2 Å². The summed E-state index contributed by atoms with van der Waals surface area (Å²) in [6.45, 7) is 4.43. The number of benzene rings is 1. The fourth-order valence-corrected chi connectivity index (χ4v) is 4.91. The highest BCUT2D eigenvalue weighted by molar-refractivity contribution is 7.89. The summed E-state index contributed by atoms with van der Waals surface area (Å²) in [5.74, 6) is -1.19. The number of carbonyl (C=O) groups is 1. The van der Waals surface area contributed by atoms with Crippen molar-refractivity contribution in [1.29, 1.82) is 0 Å². The van der Waals surface area contributed by atoms with Gasteiger partial charge in [-0.25, -0.2) is 8.42 Å². The molecule has 0 saturated carbocycles. The minimum Gasteiger partial charge on any atom is -0.505 e. The molecule has 0 radical (unpaired) electrons. The van der Waals surface area contributed by atoms with Crippen LogP contribution in [0.1, 0.15) is 17.4 Å². The van der Waals surface area contributed by atoms with Crippen LogP contribution in [0.3, 0.4) is 0 Å². The van der Waals surface area contributed by atoms with E-state index in [1.807, 2.05) is 20.0 Å². The van der Waals surface area contributed by atoms with E-state index in [1.54, 1.807) is 16.7 Å². The zero-order valence-electron chi connectivity index (χ0n) is 13.9. The lowest BCUT2D eigenvalue weighted by molar-refractivity contribution is -0.115. The molecule has 1 N–H and O–H groups in total. The average Bonchev–Trinajstić information content (AvgIpc) is 2.93. The van der Waals surface area contributed by atoms with Crippen molar-refractivity contribution in [2.75, 3.05) is 7.05 Å². The van der Waals surface area contributed by atoms with Crippen LogP contribution in [-0.4, -0.2) is 35.4 Å². The number of thiazole rings is 1. The Bertz CT molecular complexity index is 1060. The summed E-state index contributed by atoms with van der Waals surface area (Å²) in [4.78, 5) is 18.1. The van der Waals surface area contributed by atoms with Crippen LogP contribution >= 0.6 is 11.3 Å². The summed E-state index contributed by atoms with van der Waals surface area (Å²) >= 11 is 1.32. The van der Waals surface area contributed by atoms with E-state index in [4.69, 9.17) is 0 Å². The number of rotatable bonds is 2. The monoisotopic (exact) mass is 379 g/mol. The molecule has 2 heterocycles. The standard InChI is InChI=1S/C16H17N3O4S2/c1-4-19-9-10(2)24-16(19)17-15(21)13-14(20)11-7-5-6-8-12(11)25(22,23)18(13)3/h5-9,20H,4H2,1-3H3. The third-order valence-electron chi connectivity index (χ3n) is 3.90. The molecule has 1 aliphatic heterocycles. The summed E-state index contributed by atoms with van der Waals surface area (Å²) in [5, 5.41) is 10.5. The molecule has 0 bridgehead atoms. The number of fused-ring (bicyclic) bond motifs is 1. The lowest BCUT2D eigenvalue weighted by atomic mass is 10.1. The first-order chi connectivity index (χ1) is 11.8. The van der Waals surface area contributed by atoms with Gasteiger partial charge in [0.2, 0.25) is 0 Å². The highest BCUT2D eigenvalue weighted by Gasteiger charge is 2.37. The van der Waals surface area contributed by atoms with Gasteiger partial charge in [0.15, 0.2) is 16.3 Å². The first-order valence-corrected chi connectivity index (χ1v) is 9.80. The molecule has 0 saturated heterocycles. The lowest BCUT2D eigenvalue weighted by Gasteiger charge is -2.27. The number of hydrogen-bond donors (Lipinski definition) is 1. The summed E-state index contributed by atoms with van der Waals surface area (Å²) in [5.41, 5.74) is -0.253. The highest BCUT2D eigenvalue weighted by atomic mass is 32.2. The van der Waals surface area contributed by atoms with E-state index in [-0.39, 0.29) is 16.2 Å². The molecular formula is C16H17N3O4S2. The van der Waals surface area contributed by atoms with Crippen molar-refractivity contribution in [3.8, 4) is 0 Å². The molecule has 1 aromatic carbocycles. The van der Waals surface area contributed by atoms with Crippen molar-refractivity contribution >= 4 is 33.0 Å². The van der Waals surface area contributed by atoms with Crippen molar-refractivity contribution in [1.82, 2.24) is 8.87 Å². The van der Waals surface area contributed by atoms with Crippen LogP contribution in [0.25, 0.3) is 5.76 Å². The number of carbonyl (C=O) groups excluding carboxylic acids is 1. The van der Waals surface area contributed by atoms with Crippen LogP contribution in [0.4, 0.5) is 0 Å². The van der Waals surface area contributed by atoms with E-state index < -0.39 is 21.7 Å². The molecule has 0 aliphatic carbocycles. The zero-order valence-corrected chi connectivity index (χ0v) is 15.6. The molecule has 0 spiro atoms. The van der Waals surface area contributed by atoms with Gasteiger partial charge in [0.1, 0.15) is 0 Å². The maximum absolute atomic E-state index is 12.7.